The Morgan fingerprint density at radius 2 is 2.19 bits per heavy atom. The standard InChI is InChI=1S/C11H8BrN3O/c1-5-8-9-6(11(16)15-14-5)3-2-4-7(9)13-10(8)12/h2-4,13H,1H3,(H,15,16). The van der Waals surface area contributed by atoms with E-state index in [1.54, 1.807) is 6.07 Å². The highest BCUT2D eigenvalue weighted by Crippen LogP contribution is 2.31. The number of hydrogen-bond donors (Lipinski definition) is 2. The second kappa shape index (κ2) is 3.18. The van der Waals surface area contributed by atoms with Crippen LogP contribution in [0.4, 0.5) is 0 Å². The molecule has 1 amide bonds. The summed E-state index contributed by atoms with van der Waals surface area (Å²) in [5, 5.41) is 4.97. The van der Waals surface area contributed by atoms with Crippen LogP contribution in [0.15, 0.2) is 27.9 Å². The van der Waals surface area contributed by atoms with Crippen LogP contribution in [0.1, 0.15) is 22.8 Å². The zero-order valence-corrected chi connectivity index (χ0v) is 10.1. The van der Waals surface area contributed by atoms with E-state index >= 15 is 0 Å². The molecule has 80 valence electrons. The van der Waals surface area contributed by atoms with E-state index in [-0.39, 0.29) is 5.91 Å². The summed E-state index contributed by atoms with van der Waals surface area (Å²) in [5.41, 5.74) is 5.85. The van der Waals surface area contributed by atoms with E-state index in [9.17, 15) is 4.79 Å². The molecule has 0 spiro atoms. The van der Waals surface area contributed by atoms with Gasteiger partial charge in [-0.1, -0.05) is 6.07 Å². The van der Waals surface area contributed by atoms with E-state index in [1.165, 1.54) is 0 Å². The third-order valence-electron chi connectivity index (χ3n) is 2.71. The van der Waals surface area contributed by atoms with Crippen LogP contribution in [-0.4, -0.2) is 16.6 Å². The maximum atomic E-state index is 11.8. The first-order valence-corrected chi connectivity index (χ1v) is 5.63. The lowest BCUT2D eigenvalue weighted by Crippen LogP contribution is -2.16. The van der Waals surface area contributed by atoms with E-state index in [2.05, 4.69) is 31.4 Å². The summed E-state index contributed by atoms with van der Waals surface area (Å²) in [6.45, 7) is 1.87. The molecule has 1 aliphatic rings. The lowest BCUT2D eigenvalue weighted by atomic mass is 10.0. The van der Waals surface area contributed by atoms with Gasteiger partial charge in [-0.15, -0.1) is 0 Å². The molecule has 16 heavy (non-hydrogen) atoms. The largest absolute Gasteiger partial charge is 0.349 e. The molecule has 0 unspecified atom stereocenters. The molecule has 1 aromatic heterocycles. The molecule has 2 aromatic rings. The molecule has 0 atom stereocenters. The minimum Gasteiger partial charge on any atom is -0.349 e. The number of halogens is 1. The molecule has 0 saturated carbocycles. The number of amides is 1. The fraction of sp³-hybridized carbons (Fsp3) is 0.0909. The summed E-state index contributed by atoms with van der Waals surface area (Å²) >= 11 is 3.46. The van der Waals surface area contributed by atoms with E-state index in [4.69, 9.17) is 0 Å². The van der Waals surface area contributed by atoms with Gasteiger partial charge < -0.3 is 4.98 Å². The van der Waals surface area contributed by atoms with Gasteiger partial charge in [0.1, 0.15) is 0 Å². The minimum atomic E-state index is -0.171. The lowest BCUT2D eigenvalue weighted by molar-refractivity contribution is 0.0957. The Hall–Kier alpha value is -1.62. The van der Waals surface area contributed by atoms with Crippen molar-refractivity contribution in [2.75, 3.05) is 0 Å². The summed E-state index contributed by atoms with van der Waals surface area (Å²) in [6.07, 6.45) is 0. The van der Waals surface area contributed by atoms with E-state index in [0.717, 1.165) is 26.8 Å². The second-order valence-electron chi connectivity index (χ2n) is 3.68. The van der Waals surface area contributed by atoms with Gasteiger partial charge in [-0.05, 0) is 35.0 Å². The lowest BCUT2D eigenvalue weighted by Gasteiger charge is -1.98. The van der Waals surface area contributed by atoms with Gasteiger partial charge in [0.15, 0.2) is 0 Å². The predicted octanol–water partition coefficient (Wildman–Crippen LogP) is 2.40. The van der Waals surface area contributed by atoms with E-state index in [1.807, 2.05) is 19.1 Å². The first kappa shape index (κ1) is 9.59. The van der Waals surface area contributed by atoms with Crippen molar-refractivity contribution in [2.45, 2.75) is 6.92 Å². The number of carbonyl (C=O) groups excluding carboxylic acids is 1. The van der Waals surface area contributed by atoms with Crippen LogP contribution >= 0.6 is 15.9 Å². The summed E-state index contributed by atoms with van der Waals surface area (Å²) in [4.78, 5) is 15.0. The zero-order valence-electron chi connectivity index (χ0n) is 8.47. The SMILES string of the molecule is CC1=NNC(=O)c2cccc3[nH]c(Br)c1c23. The molecule has 2 N–H and O–H groups in total. The molecule has 0 radical (unpaired) electrons. The Morgan fingerprint density at radius 3 is 3.00 bits per heavy atom. The quantitative estimate of drug-likeness (QED) is 0.763. The third-order valence-corrected chi connectivity index (χ3v) is 3.30. The first-order valence-electron chi connectivity index (χ1n) is 4.83. The van der Waals surface area contributed by atoms with Crippen molar-refractivity contribution in [3.63, 3.8) is 0 Å². The van der Waals surface area contributed by atoms with Gasteiger partial charge in [-0.3, -0.25) is 4.79 Å². The van der Waals surface area contributed by atoms with Crippen LogP contribution in [0.25, 0.3) is 10.9 Å². The van der Waals surface area contributed by atoms with Crippen molar-refractivity contribution in [1.29, 1.82) is 0 Å². The van der Waals surface area contributed by atoms with Gasteiger partial charge in [0.2, 0.25) is 0 Å². The van der Waals surface area contributed by atoms with Gasteiger partial charge in [0.25, 0.3) is 5.91 Å². The van der Waals surface area contributed by atoms with Gasteiger partial charge in [0.05, 0.1) is 15.9 Å². The Bertz CT molecular complexity index is 642. The smallest absolute Gasteiger partial charge is 0.272 e. The normalized spacial score (nSPS) is 14.6. The van der Waals surface area contributed by atoms with Crippen molar-refractivity contribution in [2.24, 2.45) is 5.10 Å². The van der Waals surface area contributed by atoms with E-state index in [0.29, 0.717) is 5.56 Å². The number of aromatic nitrogens is 1. The molecule has 0 fully saturated rings. The van der Waals surface area contributed by atoms with Crippen molar-refractivity contribution >= 4 is 38.5 Å². The summed E-state index contributed by atoms with van der Waals surface area (Å²) in [6, 6.07) is 5.60. The number of carbonyl (C=O) groups is 1. The molecule has 5 heteroatoms. The average molecular weight is 278 g/mol. The topological polar surface area (TPSA) is 57.2 Å². The van der Waals surface area contributed by atoms with Crippen molar-refractivity contribution in [3.8, 4) is 0 Å². The highest BCUT2D eigenvalue weighted by molar-refractivity contribution is 9.10. The van der Waals surface area contributed by atoms with Crippen LogP contribution in [0.2, 0.25) is 0 Å². The number of H-pyrrole nitrogens is 1. The van der Waals surface area contributed by atoms with Gasteiger partial charge >= 0.3 is 0 Å². The van der Waals surface area contributed by atoms with Crippen molar-refractivity contribution in [3.05, 3.63) is 33.9 Å². The monoisotopic (exact) mass is 277 g/mol. The summed E-state index contributed by atoms with van der Waals surface area (Å²) in [5.74, 6) is -0.171. The van der Waals surface area contributed by atoms with Crippen LogP contribution in [-0.2, 0) is 0 Å². The number of hydrogen-bond acceptors (Lipinski definition) is 2. The Kier molecular flexibility index (Phi) is 1.91. The molecular weight excluding hydrogens is 270 g/mol. The molecule has 3 rings (SSSR count). The number of hydrazone groups is 1. The highest BCUT2D eigenvalue weighted by atomic mass is 79.9. The van der Waals surface area contributed by atoms with Crippen LogP contribution in [0.5, 0.6) is 0 Å². The highest BCUT2D eigenvalue weighted by Gasteiger charge is 2.21. The third kappa shape index (κ3) is 1.15. The molecule has 0 saturated heterocycles. The molecule has 0 bridgehead atoms. The Balaban J connectivity index is 2.55. The average Bonchev–Trinajstić information content (AvgIpc) is 2.54. The molecular formula is C11H8BrN3O. The van der Waals surface area contributed by atoms with Crippen LogP contribution < -0.4 is 5.43 Å². The fourth-order valence-electron chi connectivity index (χ4n) is 2.00. The number of nitrogens with zero attached hydrogens (tertiary/aromatic N) is 1. The molecule has 4 nitrogen and oxygen atoms in total. The molecule has 1 aromatic carbocycles. The number of nitrogens with one attached hydrogen (secondary N) is 2. The van der Waals surface area contributed by atoms with E-state index < -0.39 is 0 Å². The number of aromatic amines is 1. The Labute approximate surface area is 99.9 Å². The van der Waals surface area contributed by atoms with Gasteiger partial charge in [-0.2, -0.15) is 5.10 Å². The van der Waals surface area contributed by atoms with Crippen molar-refractivity contribution < 1.29 is 4.79 Å². The van der Waals surface area contributed by atoms with Crippen LogP contribution in [0, 0.1) is 0 Å². The van der Waals surface area contributed by atoms with Gasteiger partial charge in [-0.25, -0.2) is 5.43 Å². The van der Waals surface area contributed by atoms with Crippen LogP contribution in [0.3, 0.4) is 0 Å². The maximum Gasteiger partial charge on any atom is 0.272 e. The summed E-state index contributed by atoms with van der Waals surface area (Å²) < 4.78 is 0.854. The first-order chi connectivity index (χ1) is 7.68. The second-order valence-corrected chi connectivity index (χ2v) is 4.47. The minimum absolute atomic E-state index is 0.171. The maximum absolute atomic E-state index is 11.8. The van der Waals surface area contributed by atoms with Crippen molar-refractivity contribution in [1.82, 2.24) is 10.4 Å². The number of benzene rings is 1. The molecule has 0 aliphatic carbocycles. The molecule has 2 heterocycles. The zero-order chi connectivity index (χ0) is 11.3. The van der Waals surface area contributed by atoms with Gasteiger partial charge in [0, 0.05) is 16.5 Å². The number of rotatable bonds is 0. The molecule has 1 aliphatic heterocycles. The Morgan fingerprint density at radius 1 is 1.38 bits per heavy atom. The predicted molar refractivity (Wildman–Crippen MR) is 65.7 cm³/mol. The summed E-state index contributed by atoms with van der Waals surface area (Å²) in [7, 11) is 0. The fourth-order valence-corrected chi connectivity index (χ4v) is 2.69.